The molecule has 2 N–H and O–H groups in total. The first-order valence-corrected chi connectivity index (χ1v) is 4.21. The van der Waals surface area contributed by atoms with Crippen LogP contribution in [0.4, 0.5) is 11.9 Å². The molecular formula is C7H11N7. The third kappa shape index (κ3) is 1.22. The van der Waals surface area contributed by atoms with Gasteiger partial charge in [-0.05, 0) is 6.92 Å². The Morgan fingerprint density at radius 2 is 1.86 bits per heavy atom. The van der Waals surface area contributed by atoms with E-state index < -0.39 is 0 Å². The summed E-state index contributed by atoms with van der Waals surface area (Å²) in [5, 5.41) is 9.94. The molecule has 0 aliphatic heterocycles. The molecule has 2 aromatic rings. The first kappa shape index (κ1) is 8.67. The van der Waals surface area contributed by atoms with Gasteiger partial charge < -0.3 is 10.6 Å². The summed E-state index contributed by atoms with van der Waals surface area (Å²) in [5.41, 5.74) is 0. The maximum absolute atomic E-state index is 4.18. The number of hydrogen-bond donors (Lipinski definition) is 2. The van der Waals surface area contributed by atoms with E-state index in [0.29, 0.717) is 23.5 Å². The van der Waals surface area contributed by atoms with Crippen LogP contribution in [0.15, 0.2) is 0 Å². The van der Waals surface area contributed by atoms with Crippen LogP contribution in [0.1, 0.15) is 5.82 Å². The average Bonchev–Trinajstić information content (AvgIpc) is 2.56. The summed E-state index contributed by atoms with van der Waals surface area (Å²) in [7, 11) is 3.53. The van der Waals surface area contributed by atoms with Crippen molar-refractivity contribution in [3.05, 3.63) is 5.82 Å². The molecule has 74 valence electrons. The molecule has 14 heavy (non-hydrogen) atoms. The highest BCUT2D eigenvalue weighted by atomic mass is 15.4. The predicted molar refractivity (Wildman–Crippen MR) is 52.4 cm³/mol. The lowest BCUT2D eigenvalue weighted by Crippen LogP contribution is -2.07. The molecule has 7 nitrogen and oxygen atoms in total. The van der Waals surface area contributed by atoms with Gasteiger partial charge >= 0.3 is 0 Å². The van der Waals surface area contributed by atoms with Crippen LogP contribution >= 0.6 is 0 Å². The second-order valence-electron chi connectivity index (χ2n) is 2.74. The van der Waals surface area contributed by atoms with Crippen molar-refractivity contribution in [2.24, 2.45) is 0 Å². The molecule has 0 atom stereocenters. The van der Waals surface area contributed by atoms with Crippen LogP contribution in [-0.4, -0.2) is 38.7 Å². The van der Waals surface area contributed by atoms with Crippen molar-refractivity contribution in [1.82, 2.24) is 24.6 Å². The summed E-state index contributed by atoms with van der Waals surface area (Å²) >= 11 is 0. The lowest BCUT2D eigenvalue weighted by molar-refractivity contribution is 0.885. The van der Waals surface area contributed by atoms with Crippen LogP contribution in [0.3, 0.4) is 0 Å². The highest BCUT2D eigenvalue weighted by molar-refractivity contribution is 5.44. The van der Waals surface area contributed by atoms with Crippen molar-refractivity contribution in [2.45, 2.75) is 6.92 Å². The molecule has 0 unspecified atom stereocenters. The lowest BCUT2D eigenvalue weighted by atomic mass is 10.7. The minimum Gasteiger partial charge on any atom is -0.357 e. The molecule has 7 heteroatoms. The molecule has 0 radical (unpaired) electrons. The van der Waals surface area contributed by atoms with Gasteiger partial charge in [0.1, 0.15) is 5.82 Å². The quantitative estimate of drug-likeness (QED) is 0.694. The highest BCUT2D eigenvalue weighted by Crippen LogP contribution is 2.08. The van der Waals surface area contributed by atoms with Gasteiger partial charge in [0.05, 0.1) is 0 Å². The van der Waals surface area contributed by atoms with Gasteiger partial charge in [0, 0.05) is 14.1 Å². The van der Waals surface area contributed by atoms with Crippen molar-refractivity contribution in [2.75, 3.05) is 24.7 Å². The highest BCUT2D eigenvalue weighted by Gasteiger charge is 2.08. The summed E-state index contributed by atoms with van der Waals surface area (Å²) < 4.78 is 1.57. The van der Waals surface area contributed by atoms with Crippen LogP contribution in [0.5, 0.6) is 0 Å². The van der Waals surface area contributed by atoms with Crippen LogP contribution in [0.2, 0.25) is 0 Å². The largest absolute Gasteiger partial charge is 0.357 e. The van der Waals surface area contributed by atoms with Crippen LogP contribution < -0.4 is 10.6 Å². The minimum atomic E-state index is 0.522. The second-order valence-corrected chi connectivity index (χ2v) is 2.74. The number of aryl methyl sites for hydroxylation is 1. The van der Waals surface area contributed by atoms with E-state index in [4.69, 9.17) is 0 Å². The molecule has 0 amide bonds. The Morgan fingerprint density at radius 3 is 2.50 bits per heavy atom. The minimum absolute atomic E-state index is 0.522. The van der Waals surface area contributed by atoms with Gasteiger partial charge in [0.15, 0.2) is 0 Å². The average molecular weight is 193 g/mol. The van der Waals surface area contributed by atoms with Crippen molar-refractivity contribution in [3.8, 4) is 0 Å². The maximum Gasteiger partial charge on any atom is 0.258 e. The van der Waals surface area contributed by atoms with Crippen LogP contribution in [0.25, 0.3) is 5.78 Å². The zero-order valence-corrected chi connectivity index (χ0v) is 8.24. The fourth-order valence-corrected chi connectivity index (χ4v) is 1.16. The van der Waals surface area contributed by atoms with Gasteiger partial charge in [0.2, 0.25) is 11.9 Å². The van der Waals surface area contributed by atoms with Crippen molar-refractivity contribution in [3.63, 3.8) is 0 Å². The van der Waals surface area contributed by atoms with Crippen molar-refractivity contribution >= 4 is 17.7 Å². The molecule has 0 saturated carbocycles. The molecule has 0 saturated heterocycles. The molecule has 0 bridgehead atoms. The molecular weight excluding hydrogens is 182 g/mol. The Hall–Kier alpha value is -1.92. The zero-order chi connectivity index (χ0) is 10.1. The molecule has 0 spiro atoms. The van der Waals surface area contributed by atoms with Gasteiger partial charge in [-0.1, -0.05) is 0 Å². The maximum atomic E-state index is 4.18. The standard InChI is InChI=1S/C7H11N7/c1-4-10-7-12-5(8-2)11-6(9-3)14(7)13-4/h1-3H3,(H2,8,9,10,11,12,13). The Kier molecular flexibility index (Phi) is 1.91. The Balaban J connectivity index is 2.72. The number of nitrogens with one attached hydrogen (secondary N) is 2. The van der Waals surface area contributed by atoms with E-state index in [2.05, 4.69) is 30.7 Å². The first-order chi connectivity index (χ1) is 6.74. The normalized spacial score (nSPS) is 10.5. The third-order valence-corrected chi connectivity index (χ3v) is 1.76. The summed E-state index contributed by atoms with van der Waals surface area (Å²) in [6, 6.07) is 0. The van der Waals surface area contributed by atoms with Crippen molar-refractivity contribution < 1.29 is 0 Å². The number of fused-ring (bicyclic) bond motifs is 1. The molecule has 0 aliphatic rings. The predicted octanol–water partition coefficient (Wildman–Crippen LogP) is -0.0889. The third-order valence-electron chi connectivity index (χ3n) is 1.76. The SMILES string of the molecule is CNc1nc(NC)n2nc(C)nc2n1. The number of nitrogens with zero attached hydrogens (tertiary/aromatic N) is 5. The lowest BCUT2D eigenvalue weighted by Gasteiger charge is -2.03. The summed E-state index contributed by atoms with van der Waals surface area (Å²) in [4.78, 5) is 12.5. The van der Waals surface area contributed by atoms with Crippen LogP contribution in [0, 0.1) is 6.92 Å². The Bertz CT molecular complexity index is 460. The zero-order valence-electron chi connectivity index (χ0n) is 8.24. The summed E-state index contributed by atoms with van der Waals surface area (Å²) in [6.45, 7) is 1.81. The topological polar surface area (TPSA) is 80.0 Å². The monoisotopic (exact) mass is 193 g/mol. The van der Waals surface area contributed by atoms with Crippen molar-refractivity contribution in [1.29, 1.82) is 0 Å². The fraction of sp³-hybridized carbons (Fsp3) is 0.429. The van der Waals surface area contributed by atoms with E-state index >= 15 is 0 Å². The number of aromatic nitrogens is 5. The van der Waals surface area contributed by atoms with Gasteiger partial charge in [-0.25, -0.2) is 0 Å². The van der Waals surface area contributed by atoms with Crippen LogP contribution in [-0.2, 0) is 0 Å². The molecule has 2 aromatic heterocycles. The first-order valence-electron chi connectivity index (χ1n) is 4.21. The van der Waals surface area contributed by atoms with E-state index in [1.807, 2.05) is 6.92 Å². The van der Waals surface area contributed by atoms with Gasteiger partial charge in [-0.15, -0.1) is 5.10 Å². The fourth-order valence-electron chi connectivity index (χ4n) is 1.16. The Labute approximate surface area is 80.6 Å². The van der Waals surface area contributed by atoms with E-state index in [9.17, 15) is 0 Å². The Morgan fingerprint density at radius 1 is 1.07 bits per heavy atom. The van der Waals surface area contributed by atoms with Gasteiger partial charge in [-0.3, -0.25) is 0 Å². The number of hydrogen-bond acceptors (Lipinski definition) is 6. The molecule has 2 heterocycles. The molecule has 0 aromatic carbocycles. The summed E-state index contributed by atoms with van der Waals surface area (Å²) in [6.07, 6.45) is 0. The van der Waals surface area contributed by atoms with E-state index in [1.165, 1.54) is 0 Å². The number of anilines is 2. The smallest absolute Gasteiger partial charge is 0.258 e. The van der Waals surface area contributed by atoms with E-state index in [1.54, 1.807) is 18.6 Å². The van der Waals surface area contributed by atoms with E-state index in [0.717, 1.165) is 0 Å². The summed E-state index contributed by atoms with van der Waals surface area (Å²) in [5.74, 6) is 2.34. The molecule has 0 aliphatic carbocycles. The van der Waals surface area contributed by atoms with E-state index in [-0.39, 0.29) is 0 Å². The second kappa shape index (κ2) is 3.09. The van der Waals surface area contributed by atoms with Gasteiger partial charge in [-0.2, -0.15) is 19.5 Å². The van der Waals surface area contributed by atoms with Gasteiger partial charge in [0.25, 0.3) is 5.78 Å². The molecule has 0 fully saturated rings. The molecule has 2 rings (SSSR count). The number of rotatable bonds is 2.